The van der Waals surface area contributed by atoms with Gasteiger partial charge in [0.2, 0.25) is 0 Å². The largest absolute Gasteiger partial charge is 0.466 e. The van der Waals surface area contributed by atoms with E-state index < -0.39 is 17.8 Å². The molecule has 0 aromatic carbocycles. The van der Waals surface area contributed by atoms with Gasteiger partial charge in [-0.25, -0.2) is 4.79 Å². The number of hydrogen-bond acceptors (Lipinski definition) is 5. The summed E-state index contributed by atoms with van der Waals surface area (Å²) in [5.41, 5.74) is 0. The maximum Gasteiger partial charge on any atom is 0.327 e. The smallest absolute Gasteiger partial charge is 0.327 e. The van der Waals surface area contributed by atoms with Gasteiger partial charge in [-0.1, -0.05) is 0 Å². The summed E-state index contributed by atoms with van der Waals surface area (Å²) in [6, 6.07) is -0.492. The average molecular weight is 325 g/mol. The third-order valence-electron chi connectivity index (χ3n) is 4.23. The van der Waals surface area contributed by atoms with Crippen molar-refractivity contribution in [1.29, 1.82) is 0 Å². The van der Waals surface area contributed by atoms with Crippen LogP contribution in [-0.2, 0) is 19.1 Å². The third kappa shape index (κ3) is 3.62. The number of rotatable bonds is 3. The number of ether oxygens (including phenoxy) is 1. The van der Waals surface area contributed by atoms with Crippen LogP contribution in [0.1, 0.15) is 26.7 Å². The number of urea groups is 1. The van der Waals surface area contributed by atoms with Crippen LogP contribution in [0.15, 0.2) is 0 Å². The molecule has 0 aliphatic carbocycles. The van der Waals surface area contributed by atoms with E-state index in [0.29, 0.717) is 39.1 Å². The SMILES string of the molecule is CCOC(=O)C1CCCN(C(=O)N2CCN(CC)C(=O)C2=O)C1. The van der Waals surface area contributed by atoms with Gasteiger partial charge in [0.25, 0.3) is 0 Å². The molecule has 2 rings (SSSR count). The van der Waals surface area contributed by atoms with Crippen LogP contribution in [0.5, 0.6) is 0 Å². The molecule has 8 heteroatoms. The summed E-state index contributed by atoms with van der Waals surface area (Å²) in [4.78, 5) is 52.2. The van der Waals surface area contributed by atoms with Crippen LogP contribution in [0, 0.1) is 5.92 Å². The number of piperazine rings is 1. The molecular weight excluding hydrogens is 302 g/mol. The molecule has 2 aliphatic heterocycles. The zero-order valence-electron chi connectivity index (χ0n) is 13.6. The van der Waals surface area contributed by atoms with Gasteiger partial charge >= 0.3 is 23.8 Å². The molecule has 2 fully saturated rings. The second-order valence-corrected chi connectivity index (χ2v) is 5.66. The summed E-state index contributed by atoms with van der Waals surface area (Å²) in [5, 5.41) is 0. The monoisotopic (exact) mass is 325 g/mol. The topological polar surface area (TPSA) is 87.2 Å². The first-order valence-electron chi connectivity index (χ1n) is 8.05. The van der Waals surface area contributed by atoms with Gasteiger partial charge in [-0.05, 0) is 26.7 Å². The number of imide groups is 1. The molecule has 8 nitrogen and oxygen atoms in total. The number of likely N-dealkylation sites (tertiary alicyclic amines) is 1. The van der Waals surface area contributed by atoms with E-state index in [-0.39, 0.29) is 25.0 Å². The summed E-state index contributed by atoms with van der Waals surface area (Å²) in [6.45, 7) is 5.52. The quantitative estimate of drug-likeness (QED) is 0.541. The zero-order valence-corrected chi connectivity index (χ0v) is 13.6. The highest BCUT2D eigenvalue weighted by atomic mass is 16.5. The number of nitrogens with zero attached hydrogens (tertiary/aromatic N) is 3. The summed E-state index contributed by atoms with van der Waals surface area (Å²) in [6.07, 6.45) is 1.34. The van der Waals surface area contributed by atoms with Crippen LogP contribution < -0.4 is 0 Å². The Morgan fingerprint density at radius 2 is 1.87 bits per heavy atom. The fraction of sp³-hybridized carbons (Fsp3) is 0.733. The van der Waals surface area contributed by atoms with E-state index in [2.05, 4.69) is 0 Å². The van der Waals surface area contributed by atoms with Crippen LogP contribution in [-0.4, -0.2) is 77.8 Å². The molecule has 0 saturated carbocycles. The van der Waals surface area contributed by atoms with E-state index in [1.54, 1.807) is 13.8 Å². The fourth-order valence-corrected chi connectivity index (χ4v) is 2.93. The maximum atomic E-state index is 12.5. The number of hydrogen-bond donors (Lipinski definition) is 0. The molecule has 1 unspecified atom stereocenters. The molecule has 0 radical (unpaired) electrons. The van der Waals surface area contributed by atoms with E-state index in [4.69, 9.17) is 4.74 Å². The Labute approximate surface area is 135 Å². The van der Waals surface area contributed by atoms with Crippen molar-refractivity contribution in [3.05, 3.63) is 0 Å². The van der Waals surface area contributed by atoms with E-state index in [1.807, 2.05) is 0 Å². The minimum atomic E-state index is -0.790. The Morgan fingerprint density at radius 1 is 1.13 bits per heavy atom. The lowest BCUT2D eigenvalue weighted by Gasteiger charge is -2.37. The molecule has 2 saturated heterocycles. The molecule has 2 heterocycles. The lowest BCUT2D eigenvalue weighted by Crippen LogP contribution is -2.59. The Kier molecular flexibility index (Phi) is 5.57. The molecule has 23 heavy (non-hydrogen) atoms. The van der Waals surface area contributed by atoms with Gasteiger partial charge in [-0.2, -0.15) is 0 Å². The molecular formula is C15H23N3O5. The highest BCUT2D eigenvalue weighted by Gasteiger charge is 2.39. The molecule has 128 valence electrons. The molecule has 1 atom stereocenters. The van der Waals surface area contributed by atoms with Gasteiger partial charge < -0.3 is 14.5 Å². The van der Waals surface area contributed by atoms with E-state index in [9.17, 15) is 19.2 Å². The summed E-state index contributed by atoms with van der Waals surface area (Å²) in [7, 11) is 0. The first kappa shape index (κ1) is 17.2. The Balaban J connectivity index is 2.01. The lowest BCUT2D eigenvalue weighted by atomic mass is 9.98. The number of amides is 4. The predicted octanol–water partition coefficient (Wildman–Crippen LogP) is 0.0722. The number of likely N-dealkylation sites (N-methyl/N-ethyl adjacent to an activating group) is 1. The van der Waals surface area contributed by atoms with E-state index in [1.165, 1.54) is 9.80 Å². The molecule has 0 bridgehead atoms. The van der Waals surface area contributed by atoms with Gasteiger partial charge in [0.15, 0.2) is 0 Å². The van der Waals surface area contributed by atoms with Gasteiger partial charge in [0.1, 0.15) is 0 Å². The van der Waals surface area contributed by atoms with Crippen molar-refractivity contribution in [2.75, 3.05) is 39.3 Å². The first-order valence-corrected chi connectivity index (χ1v) is 8.05. The number of carbonyl (C=O) groups excluding carboxylic acids is 4. The summed E-state index contributed by atoms with van der Waals surface area (Å²) < 4.78 is 5.00. The highest BCUT2D eigenvalue weighted by Crippen LogP contribution is 2.20. The average Bonchev–Trinajstić information content (AvgIpc) is 2.57. The number of esters is 1. The fourth-order valence-electron chi connectivity index (χ4n) is 2.93. The highest BCUT2D eigenvalue weighted by molar-refractivity contribution is 6.38. The molecule has 4 amide bonds. The minimum absolute atomic E-state index is 0.192. The first-order chi connectivity index (χ1) is 11.0. The Hall–Kier alpha value is -2.12. The molecule has 0 aromatic rings. The van der Waals surface area contributed by atoms with Crippen molar-refractivity contribution in [2.24, 2.45) is 5.92 Å². The molecule has 0 spiro atoms. The Bertz CT molecular complexity index is 507. The van der Waals surface area contributed by atoms with Crippen LogP contribution in [0.2, 0.25) is 0 Å². The number of piperidine rings is 1. The second kappa shape index (κ2) is 7.43. The van der Waals surface area contributed by atoms with Gasteiger partial charge in [-0.15, -0.1) is 0 Å². The number of carbonyl (C=O) groups is 4. The van der Waals surface area contributed by atoms with Crippen LogP contribution in [0.4, 0.5) is 4.79 Å². The predicted molar refractivity (Wildman–Crippen MR) is 80.3 cm³/mol. The molecule has 0 N–H and O–H groups in total. The second-order valence-electron chi connectivity index (χ2n) is 5.66. The van der Waals surface area contributed by atoms with Crippen molar-refractivity contribution in [1.82, 2.24) is 14.7 Å². The van der Waals surface area contributed by atoms with Crippen molar-refractivity contribution in [2.45, 2.75) is 26.7 Å². The van der Waals surface area contributed by atoms with Gasteiger partial charge in [0, 0.05) is 32.7 Å². The van der Waals surface area contributed by atoms with Crippen LogP contribution in [0.3, 0.4) is 0 Å². The van der Waals surface area contributed by atoms with Crippen LogP contribution in [0.25, 0.3) is 0 Å². The van der Waals surface area contributed by atoms with Crippen LogP contribution >= 0.6 is 0 Å². The standard InChI is InChI=1S/C15H23N3O5/c1-3-16-8-9-18(13(20)12(16)19)15(22)17-7-5-6-11(10-17)14(21)23-4-2/h11H,3-10H2,1-2H3. The van der Waals surface area contributed by atoms with Crippen molar-refractivity contribution >= 4 is 23.8 Å². The van der Waals surface area contributed by atoms with Gasteiger partial charge in [0.05, 0.1) is 12.5 Å². The third-order valence-corrected chi connectivity index (χ3v) is 4.23. The lowest BCUT2D eigenvalue weighted by molar-refractivity contribution is -0.154. The Morgan fingerprint density at radius 3 is 2.52 bits per heavy atom. The zero-order chi connectivity index (χ0) is 17.0. The van der Waals surface area contributed by atoms with Gasteiger partial charge in [-0.3, -0.25) is 19.3 Å². The summed E-state index contributed by atoms with van der Waals surface area (Å²) in [5.74, 6) is -2.12. The minimum Gasteiger partial charge on any atom is -0.466 e. The molecule has 0 aromatic heterocycles. The maximum absolute atomic E-state index is 12.5. The normalized spacial score (nSPS) is 22.3. The van der Waals surface area contributed by atoms with Crippen molar-refractivity contribution in [3.63, 3.8) is 0 Å². The van der Waals surface area contributed by atoms with E-state index >= 15 is 0 Å². The van der Waals surface area contributed by atoms with E-state index in [0.717, 1.165) is 4.90 Å². The van der Waals surface area contributed by atoms with Crippen molar-refractivity contribution in [3.8, 4) is 0 Å². The molecule has 2 aliphatic rings. The summed E-state index contributed by atoms with van der Waals surface area (Å²) >= 11 is 0. The van der Waals surface area contributed by atoms with Crippen molar-refractivity contribution < 1.29 is 23.9 Å².